The molecule has 2 N–H and O–H groups in total. The van der Waals surface area contributed by atoms with Gasteiger partial charge in [0.2, 0.25) is 0 Å². The Morgan fingerprint density at radius 2 is 1.44 bits per heavy atom. The van der Waals surface area contributed by atoms with Crippen LogP contribution in [0.25, 0.3) is 11.1 Å². The van der Waals surface area contributed by atoms with Crippen molar-refractivity contribution in [1.29, 1.82) is 0 Å². The summed E-state index contributed by atoms with van der Waals surface area (Å²) >= 11 is 0. The Kier molecular flexibility index (Phi) is 9.09. The highest BCUT2D eigenvalue weighted by molar-refractivity contribution is 5.85. The number of para-hydroxylation sites is 1. The molecule has 0 fully saturated rings. The van der Waals surface area contributed by atoms with Gasteiger partial charge in [0.15, 0.2) is 12.7 Å². The molecule has 2 unspecified atom stereocenters. The number of hydrazine groups is 1. The monoisotopic (exact) mass is 460 g/mol. The van der Waals surface area contributed by atoms with E-state index in [0.29, 0.717) is 23.8 Å². The zero-order valence-electron chi connectivity index (χ0n) is 19.9. The Morgan fingerprint density at radius 1 is 0.794 bits per heavy atom. The van der Waals surface area contributed by atoms with E-state index in [1.54, 1.807) is 0 Å². The first-order valence-corrected chi connectivity index (χ1v) is 11.6. The fraction of sp³-hybridized carbons (Fsp3) is 0.286. The third-order valence-electron chi connectivity index (χ3n) is 5.65. The van der Waals surface area contributed by atoms with Crippen molar-refractivity contribution in [2.24, 2.45) is 0 Å². The molecule has 178 valence electrons. The molecule has 0 radical (unpaired) electrons. The second-order valence-corrected chi connectivity index (χ2v) is 8.08. The lowest BCUT2D eigenvalue weighted by Gasteiger charge is -2.21. The number of hydrogen-bond acceptors (Lipinski definition) is 4. The average Bonchev–Trinajstić information content (AvgIpc) is 2.89. The molecule has 3 aromatic carbocycles. The number of hydrogen-bond donors (Lipinski definition) is 2. The van der Waals surface area contributed by atoms with E-state index >= 15 is 0 Å². The van der Waals surface area contributed by atoms with Crippen LogP contribution >= 0.6 is 0 Å². The van der Waals surface area contributed by atoms with Crippen LogP contribution in [0.2, 0.25) is 0 Å². The third-order valence-corrected chi connectivity index (χ3v) is 5.65. The Balaban J connectivity index is 1.48. The average molecular weight is 461 g/mol. The van der Waals surface area contributed by atoms with Crippen LogP contribution in [0.3, 0.4) is 0 Å². The van der Waals surface area contributed by atoms with Gasteiger partial charge in [-0.1, -0.05) is 81.4 Å². The summed E-state index contributed by atoms with van der Waals surface area (Å²) in [5, 5.41) is 0. The highest BCUT2D eigenvalue weighted by Gasteiger charge is 2.21. The maximum atomic E-state index is 12.6. The number of benzene rings is 3. The van der Waals surface area contributed by atoms with E-state index in [9.17, 15) is 9.59 Å². The van der Waals surface area contributed by atoms with Gasteiger partial charge in [-0.25, -0.2) is 0 Å². The van der Waals surface area contributed by atoms with Crippen molar-refractivity contribution in [3.05, 3.63) is 84.4 Å². The Labute approximate surface area is 201 Å². The van der Waals surface area contributed by atoms with Crippen LogP contribution < -0.4 is 20.3 Å². The van der Waals surface area contributed by atoms with E-state index in [1.165, 1.54) is 0 Å². The minimum Gasteiger partial charge on any atom is -0.484 e. The van der Waals surface area contributed by atoms with Crippen molar-refractivity contribution < 1.29 is 19.1 Å². The molecule has 0 spiro atoms. The number of carbonyl (C=O) groups is 2. The summed E-state index contributed by atoms with van der Waals surface area (Å²) in [7, 11) is 0. The van der Waals surface area contributed by atoms with Crippen molar-refractivity contribution in [2.45, 2.75) is 45.6 Å². The van der Waals surface area contributed by atoms with Gasteiger partial charge in [-0.3, -0.25) is 20.4 Å². The molecule has 3 aromatic rings. The zero-order chi connectivity index (χ0) is 24.3. The van der Waals surface area contributed by atoms with E-state index in [2.05, 4.69) is 24.7 Å². The molecule has 6 heteroatoms. The van der Waals surface area contributed by atoms with Gasteiger partial charge in [-0.15, -0.1) is 0 Å². The quantitative estimate of drug-likeness (QED) is 0.405. The molecule has 0 heterocycles. The summed E-state index contributed by atoms with van der Waals surface area (Å²) in [6.07, 6.45) is 0.701. The minimum atomic E-state index is -0.725. The summed E-state index contributed by atoms with van der Waals surface area (Å²) < 4.78 is 11.5. The fourth-order valence-corrected chi connectivity index (χ4v) is 3.46. The molecular formula is C28H32N2O4. The lowest BCUT2D eigenvalue weighted by atomic mass is 9.98. The van der Waals surface area contributed by atoms with E-state index in [-0.39, 0.29) is 6.61 Å². The third kappa shape index (κ3) is 6.85. The van der Waals surface area contributed by atoms with E-state index in [0.717, 1.165) is 23.1 Å². The summed E-state index contributed by atoms with van der Waals surface area (Å²) in [6.45, 7) is 5.87. The lowest BCUT2D eigenvalue weighted by Crippen LogP contribution is -2.49. The number of amides is 2. The summed E-state index contributed by atoms with van der Waals surface area (Å²) in [4.78, 5) is 24.8. The topological polar surface area (TPSA) is 76.7 Å². The smallest absolute Gasteiger partial charge is 0.279 e. The zero-order valence-corrected chi connectivity index (χ0v) is 19.9. The molecule has 2 amide bonds. The van der Waals surface area contributed by atoms with Crippen molar-refractivity contribution in [3.8, 4) is 22.6 Å². The molecular weight excluding hydrogens is 428 g/mol. The molecule has 0 aromatic heterocycles. The molecule has 3 rings (SSSR count). The number of ether oxygens (including phenoxy) is 2. The molecule has 34 heavy (non-hydrogen) atoms. The van der Waals surface area contributed by atoms with Crippen molar-refractivity contribution in [1.82, 2.24) is 10.9 Å². The highest BCUT2D eigenvalue weighted by atomic mass is 16.5. The number of carbonyl (C=O) groups excluding carboxylic acids is 2. The molecule has 0 aliphatic rings. The van der Waals surface area contributed by atoms with Gasteiger partial charge in [0.1, 0.15) is 11.5 Å². The van der Waals surface area contributed by atoms with Crippen LogP contribution in [-0.4, -0.2) is 24.5 Å². The normalized spacial score (nSPS) is 12.3. The van der Waals surface area contributed by atoms with Crippen LogP contribution in [0.15, 0.2) is 78.9 Å². The van der Waals surface area contributed by atoms with Gasteiger partial charge in [-0.2, -0.15) is 0 Å². The summed E-state index contributed by atoms with van der Waals surface area (Å²) in [5.41, 5.74) is 8.06. The van der Waals surface area contributed by atoms with E-state index in [1.807, 2.05) is 85.8 Å². The SMILES string of the molecule is CCC(Oc1ccccc1C(C)CC)C(=O)NNC(=O)COc1ccc(-c2ccccc2)cc1. The lowest BCUT2D eigenvalue weighted by molar-refractivity contribution is -0.134. The summed E-state index contributed by atoms with van der Waals surface area (Å²) in [6, 6.07) is 25.2. The molecule has 6 nitrogen and oxygen atoms in total. The van der Waals surface area contributed by atoms with Gasteiger partial charge in [0.05, 0.1) is 0 Å². The molecule has 0 saturated carbocycles. The van der Waals surface area contributed by atoms with Crippen LogP contribution in [0.1, 0.15) is 45.1 Å². The van der Waals surface area contributed by atoms with Crippen LogP contribution in [0.5, 0.6) is 11.5 Å². The van der Waals surface area contributed by atoms with E-state index in [4.69, 9.17) is 9.47 Å². The van der Waals surface area contributed by atoms with Gasteiger partial charge in [0, 0.05) is 0 Å². The maximum Gasteiger partial charge on any atom is 0.279 e. The molecule has 0 bridgehead atoms. The predicted octanol–water partition coefficient (Wildman–Crippen LogP) is 5.25. The Morgan fingerprint density at radius 3 is 2.12 bits per heavy atom. The maximum absolute atomic E-state index is 12.6. The fourth-order valence-electron chi connectivity index (χ4n) is 3.46. The largest absolute Gasteiger partial charge is 0.484 e. The van der Waals surface area contributed by atoms with Gasteiger partial charge >= 0.3 is 0 Å². The van der Waals surface area contributed by atoms with Crippen LogP contribution in [0.4, 0.5) is 0 Å². The standard InChI is InChI=1S/C28H32N2O4/c1-4-20(3)24-13-9-10-14-26(24)34-25(5-2)28(32)30-29-27(31)19-33-23-17-15-22(16-18-23)21-11-7-6-8-12-21/h6-18,20,25H,4-5,19H2,1-3H3,(H,29,31)(H,30,32). The molecule has 0 aliphatic carbocycles. The van der Waals surface area contributed by atoms with Crippen molar-refractivity contribution in [3.63, 3.8) is 0 Å². The first-order valence-electron chi connectivity index (χ1n) is 11.6. The second kappa shape index (κ2) is 12.4. The van der Waals surface area contributed by atoms with E-state index < -0.39 is 17.9 Å². The minimum absolute atomic E-state index is 0.223. The van der Waals surface area contributed by atoms with Crippen molar-refractivity contribution >= 4 is 11.8 Å². The first kappa shape index (κ1) is 24.8. The van der Waals surface area contributed by atoms with Crippen LogP contribution in [0, 0.1) is 0 Å². The van der Waals surface area contributed by atoms with Gasteiger partial charge in [-0.05, 0) is 53.6 Å². The van der Waals surface area contributed by atoms with Crippen LogP contribution in [-0.2, 0) is 9.59 Å². The highest BCUT2D eigenvalue weighted by Crippen LogP contribution is 2.29. The number of nitrogens with one attached hydrogen (secondary N) is 2. The van der Waals surface area contributed by atoms with Gasteiger partial charge in [0.25, 0.3) is 11.8 Å². The summed E-state index contributed by atoms with van der Waals surface area (Å²) in [5.74, 6) is 0.692. The van der Waals surface area contributed by atoms with Gasteiger partial charge < -0.3 is 9.47 Å². The number of rotatable bonds is 10. The second-order valence-electron chi connectivity index (χ2n) is 8.08. The first-order chi connectivity index (χ1) is 16.5. The Hall–Kier alpha value is -3.80. The Bertz CT molecular complexity index is 1070. The predicted molar refractivity (Wildman–Crippen MR) is 134 cm³/mol. The molecule has 2 atom stereocenters. The molecule has 0 saturated heterocycles. The van der Waals surface area contributed by atoms with Crippen molar-refractivity contribution in [2.75, 3.05) is 6.61 Å². The molecule has 0 aliphatic heterocycles.